The van der Waals surface area contributed by atoms with Crippen LogP contribution in [0.5, 0.6) is 5.75 Å². The summed E-state index contributed by atoms with van der Waals surface area (Å²) in [5.41, 5.74) is 3.07. The maximum absolute atomic E-state index is 13.4. The minimum atomic E-state index is 0.00604. The van der Waals surface area contributed by atoms with E-state index in [1.54, 1.807) is 16.9 Å². The third-order valence-corrected chi connectivity index (χ3v) is 9.75. The highest BCUT2D eigenvalue weighted by Gasteiger charge is 2.40. The number of nitrogens with zero attached hydrogens (tertiary/aromatic N) is 7. The molecule has 5 rings (SSSR count). The zero-order valence-electron chi connectivity index (χ0n) is 26.6. The Morgan fingerprint density at radius 1 is 1.05 bits per heavy atom. The van der Waals surface area contributed by atoms with Crippen LogP contribution in [0.4, 0.5) is 5.82 Å². The standard InChI is InChI=1S/C34H47N7O2/c1-6-38-14-16-39(17-15-38)24-34(19-31(42)26(5)25(3)4)10-12-40(13-11-34)32-9-8-27(21-36-32)30-18-29(43-7-2)23-41-33(30)28(20-35)22-37-41/h8-9,18,21-23,25-26H,6-7,10-17,19,24H2,1-5H3. The van der Waals surface area contributed by atoms with Gasteiger partial charge in [-0.3, -0.25) is 4.79 Å². The van der Waals surface area contributed by atoms with Crippen LogP contribution in [-0.2, 0) is 4.79 Å². The Morgan fingerprint density at radius 2 is 1.77 bits per heavy atom. The number of piperidine rings is 1. The van der Waals surface area contributed by atoms with E-state index in [-0.39, 0.29) is 11.3 Å². The number of piperazine rings is 1. The molecule has 3 aromatic heterocycles. The maximum atomic E-state index is 13.4. The van der Waals surface area contributed by atoms with Crippen LogP contribution < -0.4 is 9.64 Å². The molecule has 1 atom stereocenters. The van der Waals surface area contributed by atoms with Gasteiger partial charge in [-0.1, -0.05) is 27.7 Å². The Labute approximate surface area is 256 Å². The average Bonchev–Trinajstić information content (AvgIpc) is 3.44. The van der Waals surface area contributed by atoms with Crippen molar-refractivity contribution in [1.29, 1.82) is 5.26 Å². The summed E-state index contributed by atoms with van der Waals surface area (Å²) in [7, 11) is 0. The molecule has 230 valence electrons. The first-order valence-corrected chi connectivity index (χ1v) is 16.0. The van der Waals surface area contributed by atoms with E-state index in [1.165, 1.54) is 0 Å². The van der Waals surface area contributed by atoms with Crippen LogP contribution in [0.1, 0.15) is 59.4 Å². The van der Waals surface area contributed by atoms with Crippen LogP contribution in [0.15, 0.2) is 36.8 Å². The molecule has 0 spiro atoms. The number of likely N-dealkylation sites (N-methyl/N-ethyl adjacent to an activating group) is 1. The van der Waals surface area contributed by atoms with Crippen LogP contribution >= 0.6 is 0 Å². The lowest BCUT2D eigenvalue weighted by Gasteiger charge is -2.46. The van der Waals surface area contributed by atoms with Gasteiger partial charge in [0.1, 0.15) is 23.4 Å². The van der Waals surface area contributed by atoms with Gasteiger partial charge in [-0.25, -0.2) is 9.50 Å². The Kier molecular flexibility index (Phi) is 9.68. The molecule has 0 amide bonds. The van der Waals surface area contributed by atoms with Crippen molar-refractivity contribution in [3.05, 3.63) is 42.4 Å². The van der Waals surface area contributed by atoms with E-state index in [0.717, 1.165) is 87.7 Å². The lowest BCUT2D eigenvalue weighted by Crippen LogP contribution is -2.53. The second-order valence-electron chi connectivity index (χ2n) is 12.8. The average molecular weight is 586 g/mol. The predicted octanol–water partition coefficient (Wildman–Crippen LogP) is 5.14. The SMILES string of the molecule is CCOc1cc(-c2ccc(N3CCC(CC(=O)C(C)C(C)C)(CN4CCN(CC)CC4)CC3)nc2)c2c(C#N)cnn2c1. The Hall–Kier alpha value is -3.48. The monoisotopic (exact) mass is 585 g/mol. The van der Waals surface area contributed by atoms with Crippen molar-refractivity contribution in [3.8, 4) is 22.9 Å². The zero-order chi connectivity index (χ0) is 30.6. The fraction of sp³-hybridized carbons (Fsp3) is 0.588. The van der Waals surface area contributed by atoms with E-state index in [1.807, 2.05) is 19.2 Å². The van der Waals surface area contributed by atoms with Gasteiger partial charge >= 0.3 is 0 Å². The molecule has 9 nitrogen and oxygen atoms in total. The summed E-state index contributed by atoms with van der Waals surface area (Å²) in [5.74, 6) is 2.51. The normalized spacial score (nSPS) is 18.6. The van der Waals surface area contributed by atoms with Gasteiger partial charge in [0, 0.05) is 75.5 Å². The highest BCUT2D eigenvalue weighted by molar-refractivity contribution is 5.85. The quantitative estimate of drug-likeness (QED) is 0.306. The fourth-order valence-corrected chi connectivity index (χ4v) is 6.62. The minimum Gasteiger partial charge on any atom is -0.492 e. The molecule has 0 aromatic carbocycles. The Balaban J connectivity index is 1.33. The van der Waals surface area contributed by atoms with Gasteiger partial charge in [0.2, 0.25) is 0 Å². The summed E-state index contributed by atoms with van der Waals surface area (Å²) in [5, 5.41) is 14.0. The maximum Gasteiger partial charge on any atom is 0.138 e. The fourth-order valence-electron chi connectivity index (χ4n) is 6.62. The van der Waals surface area contributed by atoms with Gasteiger partial charge in [-0.05, 0) is 55.8 Å². The summed E-state index contributed by atoms with van der Waals surface area (Å²) in [6, 6.07) is 8.37. The molecule has 3 aromatic rings. The van der Waals surface area contributed by atoms with Crippen LogP contribution in [0.3, 0.4) is 0 Å². The minimum absolute atomic E-state index is 0.00604. The smallest absolute Gasteiger partial charge is 0.138 e. The third kappa shape index (κ3) is 6.86. The number of hydrogen-bond donors (Lipinski definition) is 0. The first-order chi connectivity index (χ1) is 20.8. The second kappa shape index (κ2) is 13.4. The van der Waals surface area contributed by atoms with E-state index in [2.05, 4.69) is 65.7 Å². The second-order valence-corrected chi connectivity index (χ2v) is 12.8. The van der Waals surface area contributed by atoms with Gasteiger partial charge in [0.05, 0.1) is 30.1 Å². The summed E-state index contributed by atoms with van der Waals surface area (Å²) in [4.78, 5) is 25.8. The molecule has 2 saturated heterocycles. The summed E-state index contributed by atoms with van der Waals surface area (Å²) >= 11 is 0. The van der Waals surface area contributed by atoms with Crippen molar-refractivity contribution < 1.29 is 9.53 Å². The molecular formula is C34H47N7O2. The Morgan fingerprint density at radius 3 is 2.37 bits per heavy atom. The van der Waals surface area contributed by atoms with Crippen LogP contribution in [0.2, 0.25) is 0 Å². The lowest BCUT2D eigenvalue weighted by atomic mass is 9.71. The molecule has 0 N–H and O–H groups in total. The van der Waals surface area contributed by atoms with E-state index >= 15 is 0 Å². The van der Waals surface area contributed by atoms with E-state index < -0.39 is 0 Å². The number of nitriles is 1. The zero-order valence-corrected chi connectivity index (χ0v) is 26.6. The molecule has 2 aliphatic rings. The number of carbonyl (C=O) groups is 1. The van der Waals surface area contributed by atoms with E-state index in [9.17, 15) is 10.1 Å². The number of ether oxygens (including phenoxy) is 1. The highest BCUT2D eigenvalue weighted by Crippen LogP contribution is 2.39. The van der Waals surface area contributed by atoms with Crippen molar-refractivity contribution in [2.75, 3.05) is 63.9 Å². The molecule has 43 heavy (non-hydrogen) atoms. The number of carbonyl (C=O) groups excluding carboxylic acids is 1. The third-order valence-electron chi connectivity index (χ3n) is 9.75. The summed E-state index contributed by atoms with van der Waals surface area (Å²) in [6.07, 6.45) is 7.92. The topological polar surface area (TPSA) is 90.0 Å². The molecule has 5 heterocycles. The van der Waals surface area contributed by atoms with Crippen LogP contribution in [0, 0.1) is 28.6 Å². The number of ketones is 1. The van der Waals surface area contributed by atoms with Crippen molar-refractivity contribution in [1.82, 2.24) is 24.4 Å². The van der Waals surface area contributed by atoms with Gasteiger partial charge in [0.25, 0.3) is 0 Å². The van der Waals surface area contributed by atoms with Gasteiger partial charge in [-0.15, -0.1) is 0 Å². The molecule has 2 aliphatic heterocycles. The van der Waals surface area contributed by atoms with Crippen molar-refractivity contribution in [2.45, 2.75) is 53.9 Å². The van der Waals surface area contributed by atoms with Crippen molar-refractivity contribution in [3.63, 3.8) is 0 Å². The molecule has 9 heteroatoms. The van der Waals surface area contributed by atoms with E-state index in [4.69, 9.17) is 9.72 Å². The molecule has 0 aliphatic carbocycles. The lowest BCUT2D eigenvalue weighted by molar-refractivity contribution is -0.126. The molecule has 2 fully saturated rings. The first-order valence-electron chi connectivity index (χ1n) is 16.0. The molecular weight excluding hydrogens is 538 g/mol. The highest BCUT2D eigenvalue weighted by atomic mass is 16.5. The van der Waals surface area contributed by atoms with Gasteiger partial charge in [-0.2, -0.15) is 10.4 Å². The summed E-state index contributed by atoms with van der Waals surface area (Å²) < 4.78 is 7.48. The number of anilines is 1. The molecule has 0 bridgehead atoms. The first kappa shape index (κ1) is 31.0. The molecule has 0 radical (unpaired) electrons. The largest absolute Gasteiger partial charge is 0.492 e. The summed E-state index contributed by atoms with van der Waals surface area (Å²) in [6.45, 7) is 19.4. The number of rotatable bonds is 11. The Bertz CT molecular complexity index is 1430. The van der Waals surface area contributed by atoms with Crippen LogP contribution in [0.25, 0.3) is 16.6 Å². The van der Waals surface area contributed by atoms with Gasteiger partial charge in [0.15, 0.2) is 0 Å². The van der Waals surface area contributed by atoms with Crippen LogP contribution in [-0.4, -0.2) is 89.1 Å². The predicted molar refractivity (Wildman–Crippen MR) is 170 cm³/mol. The van der Waals surface area contributed by atoms with Crippen molar-refractivity contribution >= 4 is 17.1 Å². The molecule has 1 unspecified atom stereocenters. The van der Waals surface area contributed by atoms with Crippen molar-refractivity contribution in [2.24, 2.45) is 17.3 Å². The number of pyridine rings is 2. The number of Topliss-reactive ketones (excluding diaryl/α,β-unsaturated/α-hetero) is 1. The van der Waals surface area contributed by atoms with E-state index in [0.29, 0.717) is 36.0 Å². The molecule has 0 saturated carbocycles. The number of aromatic nitrogens is 3. The van der Waals surface area contributed by atoms with Gasteiger partial charge < -0.3 is 19.4 Å². The number of fused-ring (bicyclic) bond motifs is 1. The number of hydrogen-bond acceptors (Lipinski definition) is 8.